The van der Waals surface area contributed by atoms with Gasteiger partial charge in [0.1, 0.15) is 11.3 Å². The van der Waals surface area contributed by atoms with E-state index in [0.717, 1.165) is 60.5 Å². The molecule has 2 heterocycles. The number of phenolic OH excluding ortho intramolecular Hbond substituents is 1. The van der Waals surface area contributed by atoms with Crippen molar-refractivity contribution in [3.8, 4) is 5.75 Å². The Bertz CT molecular complexity index is 688. The number of aromatic hydroxyl groups is 1. The Hall–Kier alpha value is -1.37. The first-order valence-electron chi connectivity index (χ1n) is 7.64. The van der Waals surface area contributed by atoms with E-state index in [9.17, 15) is 9.90 Å². The molecule has 22 heavy (non-hydrogen) atoms. The quantitative estimate of drug-likeness (QED) is 0.789. The Labute approximate surface area is 133 Å². The van der Waals surface area contributed by atoms with E-state index >= 15 is 0 Å². The molecule has 1 saturated heterocycles. The first-order chi connectivity index (χ1) is 10.6. The van der Waals surface area contributed by atoms with E-state index in [-0.39, 0.29) is 16.7 Å². The average Bonchev–Trinajstić information content (AvgIpc) is 2.90. The van der Waals surface area contributed by atoms with Crippen molar-refractivity contribution in [2.24, 2.45) is 0 Å². The Balaban J connectivity index is 1.63. The number of thiazole rings is 1. The number of hydrogen-bond acceptors (Lipinski definition) is 5. The van der Waals surface area contributed by atoms with Crippen LogP contribution in [0.1, 0.15) is 24.8 Å². The number of rotatable bonds is 5. The minimum atomic E-state index is -0.135. The van der Waals surface area contributed by atoms with Gasteiger partial charge < -0.3 is 20.1 Å². The van der Waals surface area contributed by atoms with Crippen molar-refractivity contribution in [2.45, 2.75) is 37.8 Å². The number of hydrogen-bond donors (Lipinski definition) is 3. The number of fused-ring (bicyclic) bond motifs is 1. The third-order valence-corrected chi connectivity index (χ3v) is 5.05. The third-order valence-electron chi connectivity index (χ3n) is 4.09. The molecule has 3 rings (SSSR count). The molecule has 2 aromatic rings. The van der Waals surface area contributed by atoms with Gasteiger partial charge in [0.15, 0.2) is 0 Å². The summed E-state index contributed by atoms with van der Waals surface area (Å²) < 4.78 is 6.21. The first-order valence-corrected chi connectivity index (χ1v) is 8.45. The fourth-order valence-electron chi connectivity index (χ4n) is 2.88. The fourth-order valence-corrected chi connectivity index (χ4v) is 3.78. The molecule has 1 atom stereocenters. The van der Waals surface area contributed by atoms with Crippen LogP contribution in [0.25, 0.3) is 10.2 Å². The summed E-state index contributed by atoms with van der Waals surface area (Å²) in [5, 5.41) is 13.3. The van der Waals surface area contributed by atoms with Crippen LogP contribution < -0.4 is 10.2 Å². The predicted molar refractivity (Wildman–Crippen MR) is 88.6 cm³/mol. The van der Waals surface area contributed by atoms with E-state index in [2.05, 4.69) is 17.2 Å². The number of nitrogens with one attached hydrogen (secondary N) is 2. The van der Waals surface area contributed by atoms with Crippen LogP contribution in [0.4, 0.5) is 0 Å². The zero-order valence-corrected chi connectivity index (χ0v) is 13.2. The molecule has 1 radical (unpaired) electrons. The second-order valence-corrected chi connectivity index (χ2v) is 6.73. The van der Waals surface area contributed by atoms with Gasteiger partial charge in [-0.1, -0.05) is 17.4 Å². The van der Waals surface area contributed by atoms with E-state index in [1.807, 2.05) is 6.07 Å². The molecular formula is C16H21N2O3S. The molecule has 0 amide bonds. The fraction of sp³-hybridized carbons (Fsp3) is 0.500. The molecule has 1 unspecified atom stereocenters. The lowest BCUT2D eigenvalue weighted by Gasteiger charge is -2.26. The van der Waals surface area contributed by atoms with Crippen molar-refractivity contribution in [2.75, 3.05) is 13.2 Å². The number of H-pyrrole nitrogens is 1. The van der Waals surface area contributed by atoms with Gasteiger partial charge in [0, 0.05) is 25.3 Å². The van der Waals surface area contributed by atoms with Crippen LogP contribution in [0.3, 0.4) is 0 Å². The van der Waals surface area contributed by atoms with Crippen molar-refractivity contribution in [3.05, 3.63) is 34.3 Å². The van der Waals surface area contributed by atoms with Crippen LogP contribution in [0.15, 0.2) is 16.9 Å². The number of ether oxygens (including phenoxy) is 1. The molecule has 1 aromatic carbocycles. The van der Waals surface area contributed by atoms with E-state index in [1.54, 1.807) is 6.07 Å². The van der Waals surface area contributed by atoms with Gasteiger partial charge in [0.25, 0.3) is 0 Å². The molecule has 119 valence electrons. The zero-order valence-electron chi connectivity index (χ0n) is 12.4. The number of aromatic nitrogens is 1. The van der Waals surface area contributed by atoms with Crippen molar-refractivity contribution in [1.29, 1.82) is 0 Å². The molecule has 3 N–H and O–H groups in total. The van der Waals surface area contributed by atoms with Crippen LogP contribution >= 0.6 is 11.3 Å². The number of aromatic amines is 1. The highest BCUT2D eigenvalue weighted by molar-refractivity contribution is 7.16. The van der Waals surface area contributed by atoms with Crippen molar-refractivity contribution < 1.29 is 9.84 Å². The summed E-state index contributed by atoms with van der Waals surface area (Å²) in [6.45, 7) is 5.82. The molecule has 0 aliphatic carbocycles. The molecule has 1 aromatic heterocycles. The maximum atomic E-state index is 11.5. The monoisotopic (exact) mass is 321 g/mol. The molecule has 1 fully saturated rings. The molecule has 0 bridgehead atoms. The van der Waals surface area contributed by atoms with Gasteiger partial charge in [-0.2, -0.15) is 0 Å². The maximum Gasteiger partial charge on any atom is 0.305 e. The summed E-state index contributed by atoms with van der Waals surface area (Å²) in [5.41, 5.74) is 1.63. The topological polar surface area (TPSA) is 74.3 Å². The zero-order chi connectivity index (χ0) is 15.5. The predicted octanol–water partition coefficient (Wildman–Crippen LogP) is 2.20. The van der Waals surface area contributed by atoms with E-state index in [0.29, 0.717) is 11.6 Å². The molecule has 6 heteroatoms. The SMILES string of the molecule is [CH2]C(CCc1ccc(O)c2[nH]c(=O)sc12)NC1CCOCC1. The molecular weight excluding hydrogens is 300 g/mol. The van der Waals surface area contributed by atoms with Crippen LogP contribution in [-0.2, 0) is 11.2 Å². The van der Waals surface area contributed by atoms with Gasteiger partial charge in [-0.05, 0) is 44.2 Å². The van der Waals surface area contributed by atoms with E-state index < -0.39 is 0 Å². The normalized spacial score (nSPS) is 17.9. The summed E-state index contributed by atoms with van der Waals surface area (Å²) in [5.74, 6) is 0.128. The van der Waals surface area contributed by atoms with E-state index in [1.165, 1.54) is 0 Å². The van der Waals surface area contributed by atoms with Gasteiger partial charge in [0.2, 0.25) is 0 Å². The number of aryl methyl sites for hydroxylation is 1. The van der Waals surface area contributed by atoms with Gasteiger partial charge in [-0.25, -0.2) is 0 Å². The highest BCUT2D eigenvalue weighted by Crippen LogP contribution is 2.28. The summed E-state index contributed by atoms with van der Waals surface area (Å²) in [6.07, 6.45) is 3.79. The van der Waals surface area contributed by atoms with Crippen LogP contribution in [0.5, 0.6) is 5.75 Å². The first kappa shape index (κ1) is 15.5. The molecule has 1 aliphatic heterocycles. The Kier molecular flexibility index (Phi) is 4.81. The Morgan fingerprint density at radius 3 is 3.00 bits per heavy atom. The van der Waals surface area contributed by atoms with Crippen LogP contribution in [-0.4, -0.2) is 35.4 Å². The largest absolute Gasteiger partial charge is 0.506 e. The maximum absolute atomic E-state index is 11.5. The van der Waals surface area contributed by atoms with Crippen molar-refractivity contribution >= 4 is 21.6 Å². The Morgan fingerprint density at radius 1 is 1.45 bits per heavy atom. The number of benzene rings is 1. The summed E-state index contributed by atoms with van der Waals surface area (Å²) in [7, 11) is 0. The lowest BCUT2D eigenvalue weighted by Crippen LogP contribution is -2.40. The van der Waals surface area contributed by atoms with E-state index in [4.69, 9.17) is 4.74 Å². The van der Waals surface area contributed by atoms with Crippen LogP contribution in [0.2, 0.25) is 0 Å². The molecule has 0 saturated carbocycles. The summed E-state index contributed by atoms with van der Waals surface area (Å²) in [6, 6.07) is 4.19. The summed E-state index contributed by atoms with van der Waals surface area (Å²) >= 11 is 1.15. The smallest absolute Gasteiger partial charge is 0.305 e. The van der Waals surface area contributed by atoms with Gasteiger partial charge in [-0.15, -0.1) is 0 Å². The van der Waals surface area contributed by atoms with Gasteiger partial charge in [-0.3, -0.25) is 4.79 Å². The molecule has 0 spiro atoms. The number of phenols is 1. The second kappa shape index (κ2) is 6.81. The van der Waals surface area contributed by atoms with Gasteiger partial charge in [0.05, 0.1) is 4.70 Å². The molecule has 5 nitrogen and oxygen atoms in total. The lowest BCUT2D eigenvalue weighted by molar-refractivity contribution is 0.0760. The Morgan fingerprint density at radius 2 is 2.23 bits per heavy atom. The van der Waals surface area contributed by atoms with Crippen molar-refractivity contribution in [1.82, 2.24) is 10.3 Å². The van der Waals surface area contributed by atoms with Crippen molar-refractivity contribution in [3.63, 3.8) is 0 Å². The van der Waals surface area contributed by atoms with Crippen LogP contribution in [0, 0.1) is 6.92 Å². The summed E-state index contributed by atoms with van der Waals surface area (Å²) in [4.78, 5) is 14.1. The minimum Gasteiger partial charge on any atom is -0.506 e. The highest BCUT2D eigenvalue weighted by atomic mass is 32.1. The molecule has 1 aliphatic rings. The lowest BCUT2D eigenvalue weighted by atomic mass is 10.0. The standard InChI is InChI=1S/C16H21N2O3S/c1-10(17-12-6-8-21-9-7-12)2-3-11-4-5-13(19)14-15(11)22-16(20)18-14/h4-5,10,12,17,19H,1-3,6-9H2,(H,18,20). The average molecular weight is 321 g/mol. The van der Waals surface area contributed by atoms with Gasteiger partial charge >= 0.3 is 4.87 Å². The second-order valence-electron chi connectivity index (χ2n) is 5.75. The highest BCUT2D eigenvalue weighted by Gasteiger charge is 2.16. The third kappa shape index (κ3) is 3.51. The minimum absolute atomic E-state index is 0.128.